The van der Waals surface area contributed by atoms with Crippen LogP contribution in [0.25, 0.3) is 0 Å². The van der Waals surface area contributed by atoms with Gasteiger partial charge in [-0.05, 0) is 24.2 Å². The average molecular weight is 255 g/mol. The van der Waals surface area contributed by atoms with Gasteiger partial charge >= 0.3 is 0 Å². The quantitative estimate of drug-likeness (QED) is 0.441. The summed E-state index contributed by atoms with van der Waals surface area (Å²) in [5.41, 5.74) is 5.61. The summed E-state index contributed by atoms with van der Waals surface area (Å²) in [6, 6.07) is 0.402. The zero-order valence-electron chi connectivity index (χ0n) is 6.78. The monoisotopic (exact) mass is 255 g/mol. The van der Waals surface area contributed by atoms with E-state index >= 15 is 0 Å². The molecular weight excluding hydrogens is 237 g/mol. The molecule has 0 saturated carbocycles. The lowest BCUT2D eigenvalue weighted by Crippen LogP contribution is -2.13. The molecule has 2 heteroatoms. The molecule has 10 heavy (non-hydrogen) atoms. The number of rotatable bonds is 6. The summed E-state index contributed by atoms with van der Waals surface area (Å²) < 4.78 is 1.30. The molecular formula is C8H18IN. The van der Waals surface area contributed by atoms with Gasteiger partial charge in [-0.2, -0.15) is 0 Å². The minimum absolute atomic E-state index is 0.402. The number of unbranched alkanes of at least 4 members (excludes halogenated alkanes) is 3. The van der Waals surface area contributed by atoms with E-state index in [0.717, 1.165) is 0 Å². The van der Waals surface area contributed by atoms with Crippen LogP contribution in [0.1, 0.15) is 39.0 Å². The summed E-state index contributed by atoms with van der Waals surface area (Å²) in [5, 5.41) is 0. The predicted octanol–water partition coefficient (Wildman–Crippen LogP) is 2.72. The van der Waals surface area contributed by atoms with Gasteiger partial charge in [0.1, 0.15) is 0 Å². The summed E-state index contributed by atoms with van der Waals surface area (Å²) in [6.07, 6.45) is 6.63. The molecule has 0 fully saturated rings. The van der Waals surface area contributed by atoms with Crippen molar-refractivity contribution in [2.45, 2.75) is 45.1 Å². The molecule has 0 rings (SSSR count). The Morgan fingerprint density at radius 3 is 2.30 bits per heavy atom. The van der Waals surface area contributed by atoms with Gasteiger partial charge in [0.25, 0.3) is 0 Å². The van der Waals surface area contributed by atoms with Gasteiger partial charge in [-0.1, -0.05) is 41.9 Å². The zero-order chi connectivity index (χ0) is 7.82. The van der Waals surface area contributed by atoms with Gasteiger partial charge in [0, 0.05) is 6.04 Å². The molecule has 1 unspecified atom stereocenters. The van der Waals surface area contributed by atoms with Crippen LogP contribution in [-0.2, 0) is 0 Å². The third-order valence-electron chi connectivity index (χ3n) is 1.54. The van der Waals surface area contributed by atoms with Crippen molar-refractivity contribution in [3.8, 4) is 0 Å². The van der Waals surface area contributed by atoms with Crippen molar-refractivity contribution in [1.82, 2.24) is 0 Å². The Morgan fingerprint density at radius 2 is 1.80 bits per heavy atom. The first-order chi connectivity index (χ1) is 4.77. The third-order valence-corrected chi connectivity index (χ3v) is 2.31. The summed E-state index contributed by atoms with van der Waals surface area (Å²) in [6.45, 7) is 2.08. The van der Waals surface area contributed by atoms with Gasteiger partial charge in [0.05, 0.1) is 0 Å². The first-order valence-corrected chi connectivity index (χ1v) is 5.61. The molecule has 0 aliphatic rings. The van der Waals surface area contributed by atoms with Crippen LogP contribution in [0.15, 0.2) is 0 Å². The molecule has 0 saturated heterocycles. The largest absolute Gasteiger partial charge is 0.328 e. The van der Waals surface area contributed by atoms with Gasteiger partial charge < -0.3 is 5.73 Å². The normalized spacial score (nSPS) is 13.5. The highest BCUT2D eigenvalue weighted by Crippen LogP contribution is 2.05. The van der Waals surface area contributed by atoms with Crippen molar-refractivity contribution in [3.05, 3.63) is 0 Å². The molecule has 0 radical (unpaired) electrons. The fourth-order valence-corrected chi connectivity index (χ4v) is 1.45. The molecule has 0 aromatic heterocycles. The minimum atomic E-state index is 0.402. The topological polar surface area (TPSA) is 26.0 Å². The number of hydrogen-bond donors (Lipinski definition) is 1. The summed E-state index contributed by atoms with van der Waals surface area (Å²) >= 11 is 2.43. The van der Waals surface area contributed by atoms with E-state index in [4.69, 9.17) is 5.73 Å². The van der Waals surface area contributed by atoms with Gasteiger partial charge in [-0.3, -0.25) is 0 Å². The number of nitrogens with two attached hydrogens (primary N) is 1. The van der Waals surface area contributed by atoms with Crippen LogP contribution in [0.5, 0.6) is 0 Å². The highest BCUT2D eigenvalue weighted by atomic mass is 127. The molecule has 0 aliphatic carbocycles. The van der Waals surface area contributed by atoms with Crippen molar-refractivity contribution in [2.24, 2.45) is 5.73 Å². The molecule has 2 N–H and O–H groups in total. The molecule has 62 valence electrons. The van der Waals surface area contributed by atoms with Crippen LogP contribution in [0.2, 0.25) is 0 Å². The van der Waals surface area contributed by atoms with E-state index in [2.05, 4.69) is 29.5 Å². The predicted molar refractivity (Wildman–Crippen MR) is 55.6 cm³/mol. The van der Waals surface area contributed by atoms with Gasteiger partial charge in [-0.25, -0.2) is 0 Å². The second kappa shape index (κ2) is 7.79. The van der Waals surface area contributed by atoms with Crippen LogP contribution in [0.4, 0.5) is 0 Å². The highest BCUT2D eigenvalue weighted by Gasteiger charge is 1.93. The van der Waals surface area contributed by atoms with E-state index in [-0.39, 0.29) is 0 Å². The van der Waals surface area contributed by atoms with Crippen molar-refractivity contribution in [1.29, 1.82) is 0 Å². The van der Waals surface area contributed by atoms with Crippen molar-refractivity contribution in [2.75, 3.05) is 4.43 Å². The summed E-state index contributed by atoms with van der Waals surface area (Å²) in [7, 11) is 0. The highest BCUT2D eigenvalue weighted by molar-refractivity contribution is 14.1. The zero-order valence-corrected chi connectivity index (χ0v) is 8.93. The maximum Gasteiger partial charge on any atom is 0.00104 e. The fourth-order valence-electron chi connectivity index (χ4n) is 0.914. The Labute approximate surface area is 77.9 Å². The van der Waals surface area contributed by atoms with Crippen LogP contribution >= 0.6 is 22.6 Å². The molecule has 0 amide bonds. The molecule has 0 bridgehead atoms. The number of halogens is 1. The smallest absolute Gasteiger partial charge is 0.00104 e. The summed E-state index contributed by atoms with van der Waals surface area (Å²) in [4.78, 5) is 0. The molecule has 0 aromatic carbocycles. The van der Waals surface area contributed by atoms with E-state index in [9.17, 15) is 0 Å². The molecule has 0 heterocycles. The van der Waals surface area contributed by atoms with Crippen LogP contribution in [-0.4, -0.2) is 10.5 Å². The lowest BCUT2D eigenvalue weighted by molar-refractivity contribution is 0.577. The van der Waals surface area contributed by atoms with Gasteiger partial charge in [0.15, 0.2) is 0 Å². The van der Waals surface area contributed by atoms with Crippen molar-refractivity contribution in [3.63, 3.8) is 0 Å². The second-order valence-corrected chi connectivity index (χ2v) is 3.95. The number of hydrogen-bond acceptors (Lipinski definition) is 1. The fraction of sp³-hybridized carbons (Fsp3) is 1.00. The third kappa shape index (κ3) is 8.69. The standard InChI is InChI=1S/C8H18IN/c1-8(10)6-4-2-3-5-7-9/h8H,2-7,10H2,1H3. The summed E-state index contributed by atoms with van der Waals surface area (Å²) in [5.74, 6) is 0. The van der Waals surface area contributed by atoms with Crippen LogP contribution in [0.3, 0.4) is 0 Å². The SMILES string of the molecule is CC(N)CCCCCCI. The first kappa shape index (κ1) is 10.7. The Kier molecular flexibility index (Phi) is 8.33. The average Bonchev–Trinajstić information content (AvgIpc) is 1.87. The van der Waals surface area contributed by atoms with Gasteiger partial charge in [-0.15, -0.1) is 0 Å². The van der Waals surface area contributed by atoms with Crippen LogP contribution in [0, 0.1) is 0 Å². The van der Waals surface area contributed by atoms with Gasteiger partial charge in [0.2, 0.25) is 0 Å². The van der Waals surface area contributed by atoms with Crippen LogP contribution < -0.4 is 5.73 Å². The van der Waals surface area contributed by atoms with Crippen molar-refractivity contribution >= 4 is 22.6 Å². The number of alkyl halides is 1. The van der Waals surface area contributed by atoms with E-state index in [1.54, 1.807) is 0 Å². The minimum Gasteiger partial charge on any atom is -0.328 e. The second-order valence-electron chi connectivity index (χ2n) is 2.87. The van der Waals surface area contributed by atoms with E-state index in [1.807, 2.05) is 0 Å². The molecule has 1 nitrogen and oxygen atoms in total. The lowest BCUT2D eigenvalue weighted by atomic mass is 10.1. The Balaban J connectivity index is 2.77. The lowest BCUT2D eigenvalue weighted by Gasteiger charge is -2.02. The Bertz CT molecular complexity index is 64.3. The van der Waals surface area contributed by atoms with E-state index in [1.165, 1.54) is 36.5 Å². The van der Waals surface area contributed by atoms with Crippen molar-refractivity contribution < 1.29 is 0 Å². The van der Waals surface area contributed by atoms with E-state index < -0.39 is 0 Å². The Morgan fingerprint density at radius 1 is 1.20 bits per heavy atom. The molecule has 1 atom stereocenters. The first-order valence-electron chi connectivity index (χ1n) is 4.09. The maximum absolute atomic E-state index is 5.61. The molecule has 0 spiro atoms. The molecule has 0 aliphatic heterocycles. The maximum atomic E-state index is 5.61. The molecule has 0 aromatic rings. The Hall–Kier alpha value is 0.690. The van der Waals surface area contributed by atoms with E-state index in [0.29, 0.717) is 6.04 Å².